The fourth-order valence-electron chi connectivity index (χ4n) is 3.29. The molecule has 0 radical (unpaired) electrons. The van der Waals surface area contributed by atoms with E-state index in [9.17, 15) is 0 Å². The Morgan fingerprint density at radius 3 is 2.85 bits per heavy atom. The summed E-state index contributed by atoms with van der Waals surface area (Å²) in [6, 6.07) is 7.24. The lowest BCUT2D eigenvalue weighted by atomic mass is 10.0. The van der Waals surface area contributed by atoms with Gasteiger partial charge < -0.3 is 10.1 Å². The first-order valence-corrected chi connectivity index (χ1v) is 7.70. The number of likely N-dealkylation sites (tertiary alicyclic amines) is 1. The highest BCUT2D eigenvalue weighted by Crippen LogP contribution is 2.29. The molecular weight excluding hydrogens is 248 g/mol. The number of methoxy groups -OCH3 is 1. The van der Waals surface area contributed by atoms with Crippen LogP contribution in [-0.4, -0.2) is 31.6 Å². The van der Waals surface area contributed by atoms with Gasteiger partial charge in [0.25, 0.3) is 0 Å². The molecule has 3 nitrogen and oxygen atoms in total. The van der Waals surface area contributed by atoms with E-state index in [0.717, 1.165) is 24.8 Å². The van der Waals surface area contributed by atoms with E-state index in [-0.39, 0.29) is 0 Å². The third-order valence-corrected chi connectivity index (χ3v) is 4.28. The second-order valence-corrected chi connectivity index (χ2v) is 6.10. The predicted molar refractivity (Wildman–Crippen MR) is 84.0 cm³/mol. The first-order valence-electron chi connectivity index (χ1n) is 7.70. The van der Waals surface area contributed by atoms with E-state index < -0.39 is 0 Å². The highest BCUT2D eigenvalue weighted by Gasteiger charge is 2.27. The van der Waals surface area contributed by atoms with Gasteiger partial charge in [0, 0.05) is 24.7 Å². The Labute approximate surface area is 123 Å². The maximum Gasteiger partial charge on any atom is 0.123 e. The molecule has 112 valence electrons. The third-order valence-electron chi connectivity index (χ3n) is 4.28. The molecule has 1 fully saturated rings. The molecule has 3 heteroatoms. The summed E-state index contributed by atoms with van der Waals surface area (Å²) < 4.78 is 5.54. The van der Waals surface area contributed by atoms with Gasteiger partial charge in [-0.1, -0.05) is 19.9 Å². The quantitative estimate of drug-likeness (QED) is 0.864. The van der Waals surface area contributed by atoms with E-state index in [1.165, 1.54) is 30.5 Å². The minimum atomic E-state index is 0.715. The predicted octanol–water partition coefficient (Wildman–Crippen LogP) is 3.04. The molecule has 0 aromatic heterocycles. The van der Waals surface area contributed by atoms with Crippen molar-refractivity contribution in [2.24, 2.45) is 5.92 Å². The van der Waals surface area contributed by atoms with Crippen LogP contribution in [0.15, 0.2) is 18.2 Å². The van der Waals surface area contributed by atoms with Crippen LogP contribution in [0.3, 0.4) is 0 Å². The lowest BCUT2D eigenvalue weighted by Gasteiger charge is -2.28. The second-order valence-electron chi connectivity index (χ2n) is 6.10. The number of hydrogen-bond acceptors (Lipinski definition) is 3. The van der Waals surface area contributed by atoms with Crippen molar-refractivity contribution in [1.82, 2.24) is 10.2 Å². The number of ether oxygens (including phenoxy) is 1. The molecule has 1 saturated heterocycles. The van der Waals surface area contributed by atoms with E-state index in [0.29, 0.717) is 6.04 Å². The Morgan fingerprint density at radius 1 is 1.40 bits per heavy atom. The Kier molecular flexibility index (Phi) is 5.44. The first kappa shape index (κ1) is 15.3. The third kappa shape index (κ3) is 3.53. The molecular formula is C17H28N2O. The molecule has 1 heterocycles. The monoisotopic (exact) mass is 276 g/mol. The van der Waals surface area contributed by atoms with E-state index in [2.05, 4.69) is 42.3 Å². The van der Waals surface area contributed by atoms with Crippen molar-refractivity contribution < 1.29 is 4.74 Å². The minimum Gasteiger partial charge on any atom is -0.496 e. The smallest absolute Gasteiger partial charge is 0.123 e. The van der Waals surface area contributed by atoms with Crippen LogP contribution >= 0.6 is 0 Å². The van der Waals surface area contributed by atoms with Gasteiger partial charge in [0.05, 0.1) is 7.11 Å². The average Bonchev–Trinajstić information content (AvgIpc) is 2.88. The van der Waals surface area contributed by atoms with Crippen LogP contribution in [0, 0.1) is 5.92 Å². The topological polar surface area (TPSA) is 24.5 Å². The zero-order chi connectivity index (χ0) is 14.5. The van der Waals surface area contributed by atoms with Gasteiger partial charge in [-0.25, -0.2) is 0 Å². The van der Waals surface area contributed by atoms with Crippen LogP contribution in [0.25, 0.3) is 0 Å². The van der Waals surface area contributed by atoms with Crippen molar-refractivity contribution in [3.05, 3.63) is 29.3 Å². The summed E-state index contributed by atoms with van der Waals surface area (Å²) in [7, 11) is 3.75. The molecule has 1 unspecified atom stereocenters. The van der Waals surface area contributed by atoms with Crippen molar-refractivity contribution >= 4 is 0 Å². The van der Waals surface area contributed by atoms with Crippen LogP contribution < -0.4 is 10.1 Å². The van der Waals surface area contributed by atoms with E-state index in [1.54, 1.807) is 7.11 Å². The van der Waals surface area contributed by atoms with Gasteiger partial charge in [-0.2, -0.15) is 0 Å². The molecule has 0 bridgehead atoms. The number of nitrogens with zero attached hydrogens (tertiary/aromatic N) is 1. The van der Waals surface area contributed by atoms with Crippen molar-refractivity contribution in [3.63, 3.8) is 0 Å². The molecule has 0 spiro atoms. The molecule has 0 saturated carbocycles. The summed E-state index contributed by atoms with van der Waals surface area (Å²) in [6.07, 6.45) is 2.65. The summed E-state index contributed by atoms with van der Waals surface area (Å²) in [4.78, 5) is 2.62. The molecule has 20 heavy (non-hydrogen) atoms. The van der Waals surface area contributed by atoms with Gasteiger partial charge in [-0.3, -0.25) is 4.90 Å². The number of benzene rings is 1. The van der Waals surface area contributed by atoms with Crippen LogP contribution in [0.1, 0.15) is 37.8 Å². The van der Waals surface area contributed by atoms with Gasteiger partial charge in [0.15, 0.2) is 0 Å². The second kappa shape index (κ2) is 7.09. The van der Waals surface area contributed by atoms with Crippen LogP contribution in [0.2, 0.25) is 0 Å². The summed E-state index contributed by atoms with van der Waals surface area (Å²) in [5.41, 5.74) is 2.64. The van der Waals surface area contributed by atoms with E-state index >= 15 is 0 Å². The zero-order valence-electron chi connectivity index (χ0n) is 13.3. The molecule has 2 rings (SSSR count). The highest BCUT2D eigenvalue weighted by atomic mass is 16.5. The molecule has 0 amide bonds. The van der Waals surface area contributed by atoms with Crippen LogP contribution in [-0.2, 0) is 13.1 Å². The molecule has 1 atom stereocenters. The Bertz CT molecular complexity index is 431. The average molecular weight is 276 g/mol. The van der Waals surface area contributed by atoms with Crippen molar-refractivity contribution in [2.45, 2.75) is 45.8 Å². The molecule has 0 aliphatic carbocycles. The normalized spacial score (nSPS) is 19.8. The Morgan fingerprint density at radius 2 is 2.20 bits per heavy atom. The van der Waals surface area contributed by atoms with Gasteiger partial charge in [-0.15, -0.1) is 0 Å². The van der Waals surface area contributed by atoms with Crippen molar-refractivity contribution in [3.8, 4) is 5.75 Å². The maximum atomic E-state index is 5.54. The largest absolute Gasteiger partial charge is 0.496 e. The van der Waals surface area contributed by atoms with Crippen LogP contribution in [0.5, 0.6) is 5.75 Å². The highest BCUT2D eigenvalue weighted by molar-refractivity contribution is 5.37. The lowest BCUT2D eigenvalue weighted by molar-refractivity contribution is 0.196. The van der Waals surface area contributed by atoms with Gasteiger partial charge in [0.2, 0.25) is 0 Å². The fraction of sp³-hybridized carbons (Fsp3) is 0.647. The summed E-state index contributed by atoms with van der Waals surface area (Å²) in [6.45, 7) is 7.78. The molecule has 1 aliphatic heterocycles. The first-order chi connectivity index (χ1) is 9.65. The molecule has 1 aromatic carbocycles. The minimum absolute atomic E-state index is 0.715. The molecule has 1 aliphatic rings. The molecule has 1 N–H and O–H groups in total. The Hall–Kier alpha value is -1.06. The number of rotatable bonds is 6. The zero-order valence-corrected chi connectivity index (χ0v) is 13.3. The lowest BCUT2D eigenvalue weighted by Crippen LogP contribution is -2.33. The number of nitrogens with one attached hydrogen (secondary N) is 1. The standard InChI is InChI=1S/C17H28N2O/c1-13(2)16-6-5-9-19(16)12-15-10-14(11-18-3)7-8-17(15)20-4/h7-8,10,13,16,18H,5-6,9,11-12H2,1-4H3. The van der Waals surface area contributed by atoms with Crippen LogP contribution in [0.4, 0.5) is 0 Å². The summed E-state index contributed by atoms with van der Waals surface area (Å²) in [5.74, 6) is 1.74. The summed E-state index contributed by atoms with van der Waals surface area (Å²) >= 11 is 0. The fourth-order valence-corrected chi connectivity index (χ4v) is 3.29. The van der Waals surface area contributed by atoms with Crippen molar-refractivity contribution in [1.29, 1.82) is 0 Å². The van der Waals surface area contributed by atoms with E-state index in [1.807, 2.05) is 7.05 Å². The maximum absolute atomic E-state index is 5.54. The van der Waals surface area contributed by atoms with E-state index in [4.69, 9.17) is 4.74 Å². The van der Waals surface area contributed by atoms with Gasteiger partial charge in [-0.05, 0) is 50.0 Å². The summed E-state index contributed by atoms with van der Waals surface area (Å²) in [5, 5.41) is 3.21. The Balaban J connectivity index is 2.16. The SMILES string of the molecule is CNCc1ccc(OC)c(CN2CCCC2C(C)C)c1. The van der Waals surface area contributed by atoms with Gasteiger partial charge >= 0.3 is 0 Å². The molecule has 1 aromatic rings. The van der Waals surface area contributed by atoms with Crippen molar-refractivity contribution in [2.75, 3.05) is 20.7 Å². The van der Waals surface area contributed by atoms with Gasteiger partial charge in [0.1, 0.15) is 5.75 Å². The number of hydrogen-bond donors (Lipinski definition) is 1.